The Morgan fingerprint density at radius 2 is 2.00 bits per heavy atom. The van der Waals surface area contributed by atoms with Crippen LogP contribution in [0.1, 0.15) is 33.5 Å². The zero-order valence-electron chi connectivity index (χ0n) is 11.2. The number of nitrogens with one attached hydrogen (secondary N) is 1. The Hall–Kier alpha value is -0.850. The molecule has 0 fully saturated rings. The van der Waals surface area contributed by atoms with Crippen molar-refractivity contribution in [3.63, 3.8) is 0 Å². The zero-order chi connectivity index (χ0) is 14.0. The first-order valence-corrected chi connectivity index (χ1v) is 7.34. The van der Waals surface area contributed by atoms with E-state index in [9.17, 15) is 8.42 Å². The highest BCUT2D eigenvalue weighted by Gasteiger charge is 2.24. The van der Waals surface area contributed by atoms with E-state index in [-0.39, 0.29) is 28.8 Å². The lowest BCUT2D eigenvalue weighted by Gasteiger charge is -2.27. The first-order valence-electron chi connectivity index (χ1n) is 5.86. The van der Waals surface area contributed by atoms with E-state index in [1.807, 2.05) is 6.92 Å². The minimum atomic E-state index is -3.63. The average molecular weight is 275 g/mol. The van der Waals surface area contributed by atoms with Crippen LogP contribution in [0.25, 0.3) is 0 Å². The second kappa shape index (κ2) is 5.42. The van der Waals surface area contributed by atoms with Gasteiger partial charge in [0.25, 0.3) is 10.0 Å². The van der Waals surface area contributed by atoms with Crippen LogP contribution in [0, 0.1) is 11.3 Å². The van der Waals surface area contributed by atoms with Crippen LogP contribution < -0.4 is 4.72 Å². The van der Waals surface area contributed by atoms with Gasteiger partial charge in [0.15, 0.2) is 0 Å². The molecule has 0 spiro atoms. The summed E-state index contributed by atoms with van der Waals surface area (Å²) < 4.78 is 31.3. The summed E-state index contributed by atoms with van der Waals surface area (Å²) >= 11 is 0. The van der Waals surface area contributed by atoms with E-state index in [0.717, 1.165) is 0 Å². The molecule has 1 rings (SSSR count). The Bertz CT molecular complexity index is 484. The molecule has 0 amide bonds. The van der Waals surface area contributed by atoms with Crippen LogP contribution in [0.2, 0.25) is 0 Å². The molecular formula is C12H21NO4S. The third-order valence-electron chi connectivity index (χ3n) is 3.12. The second-order valence-electron chi connectivity index (χ2n) is 5.50. The summed E-state index contributed by atoms with van der Waals surface area (Å²) in [6, 6.07) is 2.79. The first-order chi connectivity index (χ1) is 8.16. The molecule has 1 aromatic heterocycles. The van der Waals surface area contributed by atoms with Crippen molar-refractivity contribution in [2.24, 2.45) is 11.3 Å². The van der Waals surface area contributed by atoms with Crippen molar-refractivity contribution in [2.75, 3.05) is 6.54 Å². The minimum absolute atomic E-state index is 0.0297. The maximum atomic E-state index is 11.9. The fourth-order valence-electron chi connectivity index (χ4n) is 1.20. The molecule has 5 nitrogen and oxygen atoms in total. The largest absolute Gasteiger partial charge is 0.446 e. The lowest BCUT2D eigenvalue weighted by atomic mass is 9.82. The first kappa shape index (κ1) is 15.2. The van der Waals surface area contributed by atoms with Crippen molar-refractivity contribution in [3.8, 4) is 0 Å². The molecule has 0 aromatic carbocycles. The Balaban J connectivity index is 2.71. The lowest BCUT2D eigenvalue weighted by Crippen LogP contribution is -2.33. The highest BCUT2D eigenvalue weighted by atomic mass is 32.2. The normalized spacial score (nSPS) is 14.7. The predicted molar refractivity (Wildman–Crippen MR) is 68.4 cm³/mol. The minimum Gasteiger partial charge on any atom is -0.446 e. The van der Waals surface area contributed by atoms with E-state index in [2.05, 4.69) is 25.5 Å². The van der Waals surface area contributed by atoms with E-state index >= 15 is 0 Å². The van der Waals surface area contributed by atoms with Gasteiger partial charge in [-0.05, 0) is 23.5 Å². The molecule has 0 bridgehead atoms. The molecule has 0 aliphatic rings. The Morgan fingerprint density at radius 3 is 2.44 bits per heavy atom. The van der Waals surface area contributed by atoms with Gasteiger partial charge in [0, 0.05) is 6.54 Å². The average Bonchev–Trinajstić information content (AvgIpc) is 2.73. The number of aliphatic hydroxyl groups is 1. The summed E-state index contributed by atoms with van der Waals surface area (Å²) in [6.07, 6.45) is 0. The molecule has 104 valence electrons. The maximum absolute atomic E-state index is 11.9. The van der Waals surface area contributed by atoms with Crippen molar-refractivity contribution in [1.29, 1.82) is 0 Å². The number of sulfonamides is 1. The van der Waals surface area contributed by atoms with Gasteiger partial charge in [0.2, 0.25) is 5.09 Å². The van der Waals surface area contributed by atoms with Crippen LogP contribution in [-0.2, 0) is 16.6 Å². The molecule has 1 aromatic rings. The number of furan rings is 1. The third-order valence-corrected chi connectivity index (χ3v) is 4.41. The highest BCUT2D eigenvalue weighted by molar-refractivity contribution is 7.89. The molecule has 0 radical (unpaired) electrons. The van der Waals surface area contributed by atoms with Crippen LogP contribution in [0.4, 0.5) is 0 Å². The molecule has 1 heterocycles. The molecule has 6 heteroatoms. The number of aliphatic hydroxyl groups excluding tert-OH is 1. The summed E-state index contributed by atoms with van der Waals surface area (Å²) in [6.45, 7) is 8.20. The monoisotopic (exact) mass is 275 g/mol. The molecule has 0 saturated carbocycles. The van der Waals surface area contributed by atoms with Crippen LogP contribution >= 0.6 is 0 Å². The number of hydrogen-bond acceptors (Lipinski definition) is 4. The van der Waals surface area contributed by atoms with Crippen LogP contribution in [0.5, 0.6) is 0 Å². The third kappa shape index (κ3) is 3.83. The molecule has 0 aliphatic carbocycles. The summed E-state index contributed by atoms with van der Waals surface area (Å²) in [5.41, 5.74) is 0.0297. The van der Waals surface area contributed by atoms with Gasteiger partial charge in [-0.1, -0.05) is 27.7 Å². The quantitative estimate of drug-likeness (QED) is 0.857. The van der Waals surface area contributed by atoms with E-state index in [0.29, 0.717) is 6.54 Å². The van der Waals surface area contributed by atoms with E-state index in [1.54, 1.807) is 0 Å². The second-order valence-corrected chi connectivity index (χ2v) is 7.20. The fourth-order valence-corrected chi connectivity index (χ4v) is 2.28. The van der Waals surface area contributed by atoms with Gasteiger partial charge in [0.05, 0.1) is 0 Å². The summed E-state index contributed by atoms with van der Waals surface area (Å²) in [5, 5.41) is 8.67. The van der Waals surface area contributed by atoms with E-state index in [4.69, 9.17) is 9.52 Å². The molecule has 2 N–H and O–H groups in total. The smallest absolute Gasteiger partial charge is 0.273 e. The van der Waals surface area contributed by atoms with E-state index in [1.165, 1.54) is 12.1 Å². The van der Waals surface area contributed by atoms with Crippen molar-refractivity contribution in [2.45, 2.75) is 39.4 Å². The Labute approximate surface area is 108 Å². The molecule has 1 atom stereocenters. The standard InChI is InChI=1S/C12H21NO4S/c1-9(12(2,3)4)7-13-18(15,16)11-6-5-10(8-14)17-11/h5-6,9,13-14H,7-8H2,1-4H3. The maximum Gasteiger partial charge on any atom is 0.273 e. The van der Waals surface area contributed by atoms with Gasteiger partial charge in [-0.3, -0.25) is 0 Å². The van der Waals surface area contributed by atoms with Gasteiger partial charge in [0.1, 0.15) is 12.4 Å². The fraction of sp³-hybridized carbons (Fsp3) is 0.667. The topological polar surface area (TPSA) is 79.5 Å². The van der Waals surface area contributed by atoms with Crippen molar-refractivity contribution in [1.82, 2.24) is 4.72 Å². The summed E-state index contributed by atoms with van der Waals surface area (Å²) in [7, 11) is -3.63. The molecule has 0 saturated heterocycles. The molecule has 1 unspecified atom stereocenters. The number of hydrogen-bond donors (Lipinski definition) is 2. The highest BCUT2D eigenvalue weighted by Crippen LogP contribution is 2.25. The molecular weight excluding hydrogens is 254 g/mol. The van der Waals surface area contributed by atoms with Gasteiger partial charge >= 0.3 is 0 Å². The summed E-state index contributed by atoms with van der Waals surface area (Å²) in [5.74, 6) is 0.429. The number of rotatable bonds is 5. The van der Waals surface area contributed by atoms with Crippen molar-refractivity contribution >= 4 is 10.0 Å². The van der Waals surface area contributed by atoms with Gasteiger partial charge in [-0.15, -0.1) is 0 Å². The van der Waals surface area contributed by atoms with Crippen LogP contribution in [0.15, 0.2) is 21.6 Å². The zero-order valence-corrected chi connectivity index (χ0v) is 12.0. The Kier molecular flexibility index (Phi) is 4.58. The van der Waals surface area contributed by atoms with Crippen molar-refractivity contribution < 1.29 is 17.9 Å². The SMILES string of the molecule is CC(CNS(=O)(=O)c1ccc(CO)o1)C(C)(C)C. The molecule has 18 heavy (non-hydrogen) atoms. The summed E-state index contributed by atoms with van der Waals surface area (Å²) in [4.78, 5) is 0. The van der Waals surface area contributed by atoms with Gasteiger partial charge in [-0.25, -0.2) is 13.1 Å². The molecule has 0 aliphatic heterocycles. The lowest BCUT2D eigenvalue weighted by molar-refractivity contribution is 0.235. The van der Waals surface area contributed by atoms with Crippen molar-refractivity contribution in [3.05, 3.63) is 17.9 Å². The van der Waals surface area contributed by atoms with E-state index < -0.39 is 10.0 Å². The van der Waals surface area contributed by atoms with Crippen LogP contribution in [0.3, 0.4) is 0 Å². The van der Waals surface area contributed by atoms with Gasteiger partial charge in [-0.2, -0.15) is 0 Å². The Morgan fingerprint density at radius 1 is 1.39 bits per heavy atom. The predicted octanol–water partition coefficient (Wildman–Crippen LogP) is 1.73. The van der Waals surface area contributed by atoms with Gasteiger partial charge < -0.3 is 9.52 Å². The van der Waals surface area contributed by atoms with Crippen LogP contribution in [-0.4, -0.2) is 20.1 Å².